The lowest BCUT2D eigenvalue weighted by molar-refractivity contribution is -0.139. The van der Waals surface area contributed by atoms with Crippen LogP contribution in [0.3, 0.4) is 0 Å². The number of carbonyl (C=O) groups is 2. The second-order valence-electron chi connectivity index (χ2n) is 7.93. The van der Waals surface area contributed by atoms with Crippen LogP contribution in [0.5, 0.6) is 11.5 Å². The molecule has 1 aliphatic rings. The van der Waals surface area contributed by atoms with Gasteiger partial charge in [0.25, 0.3) is 11.7 Å². The number of rotatable bonds is 7. The number of ketones is 1. The zero-order valence-electron chi connectivity index (χ0n) is 18.3. The number of phenols is 1. The normalized spacial score (nSPS) is 18.1. The number of carbonyl (C=O) groups excluding carboxylic acids is 2. The van der Waals surface area contributed by atoms with Gasteiger partial charge in [0, 0.05) is 12.1 Å². The number of aliphatic hydroxyl groups excluding tert-OH is 1. The minimum Gasteiger partial charge on any atom is -0.508 e. The summed E-state index contributed by atoms with van der Waals surface area (Å²) in [6.07, 6.45) is 0.677. The van der Waals surface area contributed by atoms with E-state index >= 15 is 0 Å². The fourth-order valence-corrected chi connectivity index (χ4v) is 3.85. The smallest absolute Gasteiger partial charge is 0.295 e. The van der Waals surface area contributed by atoms with E-state index in [1.807, 2.05) is 25.9 Å². The van der Waals surface area contributed by atoms with Crippen LogP contribution >= 0.6 is 0 Å². The number of hydrogen-bond donors (Lipinski definition) is 2. The molecule has 0 spiro atoms. The molecule has 1 unspecified atom stereocenters. The highest BCUT2D eigenvalue weighted by Gasteiger charge is 2.45. The third-order valence-corrected chi connectivity index (χ3v) is 5.42. The predicted octanol–water partition coefficient (Wildman–Crippen LogP) is 3.08. The molecule has 2 N–H and O–H groups in total. The molecule has 2 aromatic rings. The minimum atomic E-state index is -0.731. The summed E-state index contributed by atoms with van der Waals surface area (Å²) in [5.74, 6) is -0.829. The first-order valence-electron chi connectivity index (χ1n) is 10.1. The van der Waals surface area contributed by atoms with Gasteiger partial charge in [0.15, 0.2) is 0 Å². The Hall–Kier alpha value is -3.32. The van der Waals surface area contributed by atoms with Crippen molar-refractivity contribution in [2.45, 2.75) is 19.4 Å². The fourth-order valence-electron chi connectivity index (χ4n) is 3.85. The van der Waals surface area contributed by atoms with Crippen molar-refractivity contribution in [1.29, 1.82) is 0 Å². The molecule has 7 nitrogen and oxygen atoms in total. The quantitative estimate of drug-likeness (QED) is 0.403. The molecule has 1 fully saturated rings. The summed E-state index contributed by atoms with van der Waals surface area (Å²) in [5.41, 5.74) is 1.93. The minimum absolute atomic E-state index is 0.0464. The lowest BCUT2D eigenvalue weighted by Crippen LogP contribution is -2.32. The Balaban J connectivity index is 2.10. The van der Waals surface area contributed by atoms with E-state index in [1.165, 1.54) is 17.0 Å². The predicted molar refractivity (Wildman–Crippen MR) is 118 cm³/mol. The van der Waals surface area contributed by atoms with E-state index in [9.17, 15) is 19.8 Å². The maximum Gasteiger partial charge on any atom is 0.295 e. The largest absolute Gasteiger partial charge is 0.508 e. The highest BCUT2D eigenvalue weighted by Crippen LogP contribution is 2.40. The Bertz CT molecular complexity index is 1010. The summed E-state index contributed by atoms with van der Waals surface area (Å²) in [6.45, 7) is 2.96. The van der Waals surface area contributed by atoms with Crippen LogP contribution in [0.25, 0.3) is 5.76 Å². The van der Waals surface area contributed by atoms with Crippen LogP contribution in [0, 0.1) is 6.92 Å². The number of aryl methyl sites for hydroxylation is 1. The van der Waals surface area contributed by atoms with Crippen molar-refractivity contribution in [3.8, 4) is 11.5 Å². The van der Waals surface area contributed by atoms with Gasteiger partial charge in [0.1, 0.15) is 17.3 Å². The van der Waals surface area contributed by atoms with E-state index in [1.54, 1.807) is 37.4 Å². The maximum atomic E-state index is 13.0. The zero-order chi connectivity index (χ0) is 22.7. The van der Waals surface area contributed by atoms with E-state index in [0.717, 1.165) is 12.1 Å². The number of phenolic OH excluding ortho intramolecular Hbond substituents is 1. The molecular formula is C24H28N2O5. The van der Waals surface area contributed by atoms with Crippen molar-refractivity contribution in [1.82, 2.24) is 9.80 Å². The first kappa shape index (κ1) is 22.4. The highest BCUT2D eigenvalue weighted by atomic mass is 16.5. The SMILES string of the molecule is COc1ccc(/C(O)=C2\C(=O)C(=O)N(CCCN(C)C)C2c2ccc(O)cc2)cc1C. The van der Waals surface area contributed by atoms with Crippen molar-refractivity contribution in [3.63, 3.8) is 0 Å². The number of methoxy groups -OCH3 is 1. The van der Waals surface area contributed by atoms with E-state index in [-0.39, 0.29) is 17.1 Å². The molecule has 0 radical (unpaired) electrons. The van der Waals surface area contributed by atoms with Gasteiger partial charge in [0.05, 0.1) is 18.7 Å². The molecule has 3 rings (SSSR count). The molecule has 2 aromatic carbocycles. The van der Waals surface area contributed by atoms with E-state index in [0.29, 0.717) is 29.8 Å². The van der Waals surface area contributed by atoms with Gasteiger partial charge >= 0.3 is 0 Å². The summed E-state index contributed by atoms with van der Waals surface area (Å²) in [7, 11) is 5.45. The molecule has 1 heterocycles. The van der Waals surface area contributed by atoms with Crippen LogP contribution in [-0.2, 0) is 9.59 Å². The molecule has 1 atom stereocenters. The van der Waals surface area contributed by atoms with Gasteiger partial charge < -0.3 is 24.7 Å². The summed E-state index contributed by atoms with van der Waals surface area (Å²) in [6, 6.07) is 10.7. The first-order valence-corrected chi connectivity index (χ1v) is 10.1. The van der Waals surface area contributed by atoms with Crippen LogP contribution in [0.2, 0.25) is 0 Å². The van der Waals surface area contributed by atoms with E-state index in [4.69, 9.17) is 4.74 Å². The molecular weight excluding hydrogens is 396 g/mol. The van der Waals surface area contributed by atoms with Gasteiger partial charge in [-0.1, -0.05) is 12.1 Å². The molecule has 164 valence electrons. The number of nitrogens with zero attached hydrogens (tertiary/aromatic N) is 2. The summed E-state index contributed by atoms with van der Waals surface area (Å²) in [4.78, 5) is 29.4. The number of likely N-dealkylation sites (tertiary alicyclic amines) is 1. The van der Waals surface area contributed by atoms with Gasteiger partial charge in [-0.05, 0) is 75.4 Å². The lowest BCUT2D eigenvalue weighted by Gasteiger charge is -2.26. The molecule has 0 aliphatic carbocycles. The summed E-state index contributed by atoms with van der Waals surface area (Å²) >= 11 is 0. The van der Waals surface area contributed by atoms with E-state index < -0.39 is 17.7 Å². The number of hydrogen-bond acceptors (Lipinski definition) is 6. The Morgan fingerprint density at radius 3 is 2.39 bits per heavy atom. The number of ether oxygens (including phenoxy) is 1. The number of benzene rings is 2. The molecule has 7 heteroatoms. The number of aromatic hydroxyl groups is 1. The monoisotopic (exact) mass is 424 g/mol. The average Bonchev–Trinajstić information content (AvgIpc) is 2.98. The fraction of sp³-hybridized carbons (Fsp3) is 0.333. The first-order chi connectivity index (χ1) is 14.7. The van der Waals surface area contributed by atoms with Crippen molar-refractivity contribution in [2.24, 2.45) is 0 Å². The Morgan fingerprint density at radius 2 is 1.81 bits per heavy atom. The highest BCUT2D eigenvalue weighted by molar-refractivity contribution is 6.46. The summed E-state index contributed by atoms with van der Waals surface area (Å²) in [5, 5.41) is 20.8. The molecule has 31 heavy (non-hydrogen) atoms. The van der Waals surface area contributed by atoms with Crippen molar-refractivity contribution >= 4 is 17.4 Å². The molecule has 1 amide bonds. The Morgan fingerprint density at radius 1 is 1.13 bits per heavy atom. The third-order valence-electron chi connectivity index (χ3n) is 5.42. The molecule has 0 aromatic heterocycles. The van der Waals surface area contributed by atoms with Crippen molar-refractivity contribution in [3.05, 3.63) is 64.7 Å². The average molecular weight is 424 g/mol. The van der Waals surface area contributed by atoms with Crippen LogP contribution in [0.4, 0.5) is 0 Å². The van der Waals surface area contributed by atoms with Crippen molar-refractivity contribution < 1.29 is 24.5 Å². The number of Topliss-reactive ketones (excluding diaryl/α,β-unsaturated/α-hetero) is 1. The van der Waals surface area contributed by atoms with Crippen molar-refractivity contribution in [2.75, 3.05) is 34.3 Å². The van der Waals surface area contributed by atoms with Gasteiger partial charge in [-0.15, -0.1) is 0 Å². The van der Waals surface area contributed by atoms with Gasteiger partial charge in [-0.3, -0.25) is 9.59 Å². The molecule has 1 aliphatic heterocycles. The van der Waals surface area contributed by atoms with Gasteiger partial charge in [0.2, 0.25) is 0 Å². The maximum absolute atomic E-state index is 13.0. The molecule has 0 bridgehead atoms. The molecule has 0 saturated carbocycles. The zero-order valence-corrected chi connectivity index (χ0v) is 18.3. The standard InChI is InChI=1S/C24H28N2O5/c1-15-14-17(8-11-19(15)31-4)22(28)20-21(16-6-9-18(27)10-7-16)26(24(30)23(20)29)13-5-12-25(2)3/h6-11,14,21,27-28H,5,12-13H2,1-4H3/b22-20+. The van der Waals surface area contributed by atoms with Crippen LogP contribution in [0.15, 0.2) is 48.0 Å². The lowest BCUT2D eigenvalue weighted by atomic mass is 9.94. The van der Waals surface area contributed by atoms with Gasteiger partial charge in [-0.2, -0.15) is 0 Å². The van der Waals surface area contributed by atoms with Crippen LogP contribution in [0.1, 0.15) is 29.2 Å². The van der Waals surface area contributed by atoms with E-state index in [2.05, 4.69) is 0 Å². The topological polar surface area (TPSA) is 90.3 Å². The Labute approximate surface area is 182 Å². The van der Waals surface area contributed by atoms with Crippen LogP contribution < -0.4 is 4.74 Å². The molecule has 1 saturated heterocycles. The van der Waals surface area contributed by atoms with Gasteiger partial charge in [-0.25, -0.2) is 0 Å². The second kappa shape index (κ2) is 9.22. The number of amides is 1. The second-order valence-corrected chi connectivity index (χ2v) is 7.93. The Kier molecular flexibility index (Phi) is 6.65. The van der Waals surface area contributed by atoms with Crippen LogP contribution in [-0.4, -0.2) is 66.0 Å². The third kappa shape index (κ3) is 4.56. The number of aliphatic hydroxyl groups is 1. The summed E-state index contributed by atoms with van der Waals surface area (Å²) < 4.78 is 5.27.